The molecule has 0 radical (unpaired) electrons. The van der Waals surface area contributed by atoms with Crippen LogP contribution in [0.2, 0.25) is 0 Å². The van der Waals surface area contributed by atoms with Crippen LogP contribution in [0.3, 0.4) is 0 Å². The Hall–Kier alpha value is -2.81. The Morgan fingerprint density at radius 2 is 2.00 bits per heavy atom. The van der Waals surface area contributed by atoms with Gasteiger partial charge in [-0.3, -0.25) is 14.6 Å². The second-order valence-electron chi connectivity index (χ2n) is 4.95. The Morgan fingerprint density at radius 3 is 2.68 bits per heavy atom. The van der Waals surface area contributed by atoms with Gasteiger partial charge in [0, 0.05) is 22.6 Å². The van der Waals surface area contributed by atoms with Gasteiger partial charge in [0.15, 0.2) is 12.3 Å². The second kappa shape index (κ2) is 8.88. The van der Waals surface area contributed by atoms with Gasteiger partial charge in [0.05, 0.1) is 12.7 Å². The van der Waals surface area contributed by atoms with Gasteiger partial charge in [-0.25, -0.2) is 9.78 Å². The molecule has 0 aliphatic heterocycles. The number of esters is 1. The highest BCUT2D eigenvalue weighted by Crippen LogP contribution is 2.19. The second-order valence-corrected chi connectivity index (χ2v) is 5.87. The maximum atomic E-state index is 11.9. The summed E-state index contributed by atoms with van der Waals surface area (Å²) in [6.07, 6.45) is 3.98. The van der Waals surface area contributed by atoms with Gasteiger partial charge >= 0.3 is 5.97 Å². The van der Waals surface area contributed by atoms with Crippen molar-refractivity contribution in [2.24, 2.45) is 0 Å². The lowest BCUT2D eigenvalue weighted by molar-refractivity contribution is -0.126. The minimum absolute atomic E-state index is 0.00115. The van der Waals surface area contributed by atoms with Crippen molar-refractivity contribution in [2.45, 2.75) is 6.92 Å². The van der Waals surface area contributed by atoms with Gasteiger partial charge in [0.1, 0.15) is 0 Å². The number of benzene rings is 1. The summed E-state index contributed by atoms with van der Waals surface area (Å²) in [5.41, 5.74) is 1.53. The molecule has 25 heavy (non-hydrogen) atoms. The first-order chi connectivity index (χ1) is 12.0. The molecule has 9 heteroatoms. The van der Waals surface area contributed by atoms with E-state index in [0.717, 1.165) is 10.0 Å². The Kier molecular flexibility index (Phi) is 6.58. The van der Waals surface area contributed by atoms with Crippen LogP contribution in [0, 0.1) is 6.92 Å². The van der Waals surface area contributed by atoms with Crippen LogP contribution in [-0.4, -0.2) is 40.9 Å². The lowest BCUT2D eigenvalue weighted by Crippen LogP contribution is -2.35. The predicted octanol–water partition coefficient (Wildman–Crippen LogP) is 1.46. The molecular weight excluding hydrogens is 392 g/mol. The average molecular weight is 407 g/mol. The lowest BCUT2D eigenvalue weighted by atomic mass is 10.2. The molecule has 2 N–H and O–H groups in total. The zero-order valence-corrected chi connectivity index (χ0v) is 14.9. The molecule has 0 aliphatic carbocycles. The molecule has 0 atom stereocenters. The Labute approximate surface area is 152 Å². The van der Waals surface area contributed by atoms with Gasteiger partial charge in [0.25, 0.3) is 5.91 Å². The monoisotopic (exact) mass is 406 g/mol. The topological polar surface area (TPSA) is 110 Å². The van der Waals surface area contributed by atoms with Crippen molar-refractivity contribution in [2.75, 3.05) is 18.5 Å². The number of aromatic nitrogens is 2. The molecule has 0 unspecified atom stereocenters. The summed E-state index contributed by atoms with van der Waals surface area (Å²) < 4.78 is 5.69. The van der Waals surface area contributed by atoms with E-state index in [1.54, 1.807) is 12.1 Å². The zero-order chi connectivity index (χ0) is 18.2. The van der Waals surface area contributed by atoms with Gasteiger partial charge in [-0.05, 0) is 30.7 Å². The van der Waals surface area contributed by atoms with E-state index in [1.165, 1.54) is 18.6 Å². The van der Waals surface area contributed by atoms with Crippen molar-refractivity contribution in [1.82, 2.24) is 15.3 Å². The van der Waals surface area contributed by atoms with Crippen LogP contribution in [0.4, 0.5) is 5.69 Å². The van der Waals surface area contributed by atoms with Crippen LogP contribution >= 0.6 is 15.9 Å². The number of hydrogen-bond acceptors (Lipinski definition) is 6. The molecule has 0 spiro atoms. The normalized spacial score (nSPS) is 10.0. The summed E-state index contributed by atoms with van der Waals surface area (Å²) in [6, 6.07) is 5.41. The fourth-order valence-corrected chi connectivity index (χ4v) is 2.28. The lowest BCUT2D eigenvalue weighted by Gasteiger charge is -2.10. The average Bonchev–Trinajstić information content (AvgIpc) is 2.61. The van der Waals surface area contributed by atoms with E-state index in [4.69, 9.17) is 4.74 Å². The van der Waals surface area contributed by atoms with Crippen LogP contribution < -0.4 is 10.6 Å². The van der Waals surface area contributed by atoms with Gasteiger partial charge in [-0.1, -0.05) is 15.9 Å². The maximum Gasteiger partial charge on any atom is 0.359 e. The van der Waals surface area contributed by atoms with Crippen LogP contribution in [0.25, 0.3) is 0 Å². The zero-order valence-electron chi connectivity index (χ0n) is 13.3. The number of halogens is 1. The summed E-state index contributed by atoms with van der Waals surface area (Å²) in [4.78, 5) is 42.6. The third-order valence-corrected chi connectivity index (χ3v) is 3.51. The first-order valence-corrected chi connectivity index (χ1v) is 8.01. The van der Waals surface area contributed by atoms with Crippen LogP contribution in [-0.2, 0) is 14.3 Å². The number of hydrogen-bond donors (Lipinski definition) is 2. The molecule has 2 rings (SSSR count). The van der Waals surface area contributed by atoms with E-state index >= 15 is 0 Å². The van der Waals surface area contributed by atoms with Gasteiger partial charge < -0.3 is 15.4 Å². The minimum atomic E-state index is -0.766. The summed E-state index contributed by atoms with van der Waals surface area (Å²) in [6.45, 7) is 1.10. The molecule has 0 fully saturated rings. The highest BCUT2D eigenvalue weighted by Gasteiger charge is 2.12. The highest BCUT2D eigenvalue weighted by atomic mass is 79.9. The summed E-state index contributed by atoms with van der Waals surface area (Å²) >= 11 is 3.34. The first kappa shape index (κ1) is 18.5. The van der Waals surface area contributed by atoms with E-state index in [2.05, 4.69) is 36.5 Å². The van der Waals surface area contributed by atoms with E-state index in [9.17, 15) is 14.4 Å². The maximum absolute atomic E-state index is 11.9. The van der Waals surface area contributed by atoms with E-state index in [1.807, 2.05) is 13.0 Å². The molecule has 1 heterocycles. The summed E-state index contributed by atoms with van der Waals surface area (Å²) in [5.74, 6) is -1.75. The SMILES string of the molecule is Cc1cc(Br)ccc1NC(=O)CNC(=O)COC(=O)c1cnccn1. The number of nitrogens with one attached hydrogen (secondary N) is 2. The molecule has 0 saturated heterocycles. The number of rotatable bonds is 6. The van der Waals surface area contributed by atoms with Crippen LogP contribution in [0.1, 0.15) is 16.1 Å². The fourth-order valence-electron chi connectivity index (χ4n) is 1.80. The predicted molar refractivity (Wildman–Crippen MR) is 92.8 cm³/mol. The van der Waals surface area contributed by atoms with Crippen molar-refractivity contribution >= 4 is 39.4 Å². The van der Waals surface area contributed by atoms with Crippen molar-refractivity contribution < 1.29 is 19.1 Å². The van der Waals surface area contributed by atoms with E-state index in [0.29, 0.717) is 5.69 Å². The number of carbonyl (C=O) groups is 3. The quantitative estimate of drug-likeness (QED) is 0.702. The number of aryl methyl sites for hydroxylation is 1. The largest absolute Gasteiger partial charge is 0.451 e. The molecule has 0 aliphatic rings. The summed E-state index contributed by atoms with van der Waals surface area (Å²) in [5, 5.41) is 5.05. The van der Waals surface area contributed by atoms with Gasteiger partial charge in [-0.15, -0.1) is 0 Å². The van der Waals surface area contributed by atoms with E-state index in [-0.39, 0.29) is 18.1 Å². The summed E-state index contributed by atoms with van der Waals surface area (Å²) in [7, 11) is 0. The molecule has 130 valence electrons. The highest BCUT2D eigenvalue weighted by molar-refractivity contribution is 9.10. The Morgan fingerprint density at radius 1 is 1.20 bits per heavy atom. The minimum Gasteiger partial charge on any atom is -0.451 e. The first-order valence-electron chi connectivity index (χ1n) is 7.21. The molecule has 2 amide bonds. The van der Waals surface area contributed by atoms with Crippen molar-refractivity contribution in [3.63, 3.8) is 0 Å². The molecular formula is C16H15BrN4O4. The van der Waals surface area contributed by atoms with Gasteiger partial charge in [0.2, 0.25) is 5.91 Å². The fraction of sp³-hybridized carbons (Fsp3) is 0.188. The number of anilines is 1. The molecule has 1 aromatic heterocycles. The smallest absolute Gasteiger partial charge is 0.359 e. The number of amides is 2. The molecule has 0 bridgehead atoms. The Bertz CT molecular complexity index is 783. The molecule has 2 aromatic rings. The number of nitrogens with zero attached hydrogens (tertiary/aromatic N) is 2. The van der Waals surface area contributed by atoms with Crippen LogP contribution in [0.5, 0.6) is 0 Å². The standard InChI is InChI=1S/C16H15BrN4O4/c1-10-6-11(17)2-3-12(10)21-14(22)8-20-15(23)9-25-16(24)13-7-18-4-5-19-13/h2-7H,8-9H2,1H3,(H,20,23)(H,21,22). The molecule has 1 aromatic carbocycles. The third kappa shape index (κ3) is 5.96. The molecule has 0 saturated carbocycles. The van der Waals surface area contributed by atoms with Crippen LogP contribution in [0.15, 0.2) is 41.3 Å². The number of ether oxygens (including phenoxy) is 1. The van der Waals surface area contributed by atoms with Gasteiger partial charge in [-0.2, -0.15) is 0 Å². The number of carbonyl (C=O) groups excluding carboxylic acids is 3. The third-order valence-electron chi connectivity index (χ3n) is 3.02. The van der Waals surface area contributed by atoms with Crippen molar-refractivity contribution in [3.8, 4) is 0 Å². The van der Waals surface area contributed by atoms with Crippen molar-refractivity contribution in [3.05, 3.63) is 52.5 Å². The van der Waals surface area contributed by atoms with E-state index < -0.39 is 18.5 Å². The molecule has 8 nitrogen and oxygen atoms in total. The Balaban J connectivity index is 1.74. The van der Waals surface area contributed by atoms with Crippen molar-refractivity contribution in [1.29, 1.82) is 0 Å².